The van der Waals surface area contributed by atoms with Gasteiger partial charge in [-0.3, -0.25) is 4.79 Å². The highest BCUT2D eigenvalue weighted by Gasteiger charge is 2.13. The smallest absolute Gasteiger partial charge is 0.255 e. The molecule has 0 aliphatic carbocycles. The van der Waals surface area contributed by atoms with Gasteiger partial charge in [-0.15, -0.1) is 0 Å². The number of hydrogen-bond acceptors (Lipinski definition) is 1. The third kappa shape index (κ3) is 1.89. The van der Waals surface area contributed by atoms with Crippen molar-refractivity contribution in [3.05, 3.63) is 33.6 Å². The van der Waals surface area contributed by atoms with Crippen LogP contribution in [0.1, 0.15) is 10.4 Å². The van der Waals surface area contributed by atoms with Gasteiger partial charge in [0, 0.05) is 0 Å². The molecule has 0 bridgehead atoms. The quantitative estimate of drug-likeness (QED) is 0.671. The lowest BCUT2D eigenvalue weighted by molar-refractivity contribution is 0.108. The van der Waals surface area contributed by atoms with E-state index in [-0.39, 0.29) is 15.6 Å². The van der Waals surface area contributed by atoms with E-state index in [9.17, 15) is 9.18 Å². The number of benzene rings is 1. The van der Waals surface area contributed by atoms with Gasteiger partial charge in [0.25, 0.3) is 5.24 Å². The molecule has 0 fully saturated rings. The standard InChI is InChI=1S/C7H2Cl3FO/c8-4-1-3(11)2-5(9)6(4)7(10)12/h1-2H. The van der Waals surface area contributed by atoms with Crippen LogP contribution in [-0.4, -0.2) is 5.24 Å². The normalized spacial score (nSPS) is 10.0. The molecule has 0 spiro atoms. The minimum atomic E-state index is -0.801. The highest BCUT2D eigenvalue weighted by Crippen LogP contribution is 2.27. The molecule has 0 aromatic heterocycles. The second kappa shape index (κ2) is 3.60. The lowest BCUT2D eigenvalue weighted by Gasteiger charge is -2.00. The molecule has 1 aromatic carbocycles. The summed E-state index contributed by atoms with van der Waals surface area (Å²) in [6.45, 7) is 0. The van der Waals surface area contributed by atoms with Gasteiger partial charge in [0.05, 0.1) is 15.6 Å². The summed E-state index contributed by atoms with van der Waals surface area (Å²) < 4.78 is 12.5. The van der Waals surface area contributed by atoms with Crippen molar-refractivity contribution in [1.82, 2.24) is 0 Å². The highest BCUT2D eigenvalue weighted by molar-refractivity contribution is 6.69. The van der Waals surface area contributed by atoms with E-state index in [1.807, 2.05) is 0 Å². The van der Waals surface area contributed by atoms with Crippen LogP contribution in [0.2, 0.25) is 10.0 Å². The third-order valence-corrected chi connectivity index (χ3v) is 1.99. The van der Waals surface area contributed by atoms with Crippen LogP contribution in [-0.2, 0) is 0 Å². The van der Waals surface area contributed by atoms with Gasteiger partial charge >= 0.3 is 0 Å². The largest absolute Gasteiger partial charge is 0.275 e. The molecule has 0 N–H and O–H groups in total. The second-order valence-corrected chi connectivity index (χ2v) is 3.18. The number of carbonyl (C=O) groups excluding carboxylic acids is 1. The van der Waals surface area contributed by atoms with Crippen LogP contribution >= 0.6 is 34.8 Å². The minimum Gasteiger partial charge on any atom is -0.275 e. The molecule has 0 atom stereocenters. The molecule has 1 nitrogen and oxygen atoms in total. The van der Waals surface area contributed by atoms with E-state index in [0.717, 1.165) is 12.1 Å². The molecule has 0 unspecified atom stereocenters. The predicted octanol–water partition coefficient (Wildman–Crippen LogP) is 3.51. The second-order valence-electron chi connectivity index (χ2n) is 2.02. The molecule has 0 saturated carbocycles. The van der Waals surface area contributed by atoms with Crippen molar-refractivity contribution in [3.8, 4) is 0 Å². The Balaban J connectivity index is 3.38. The predicted molar refractivity (Wildman–Crippen MR) is 46.6 cm³/mol. The molecule has 0 saturated heterocycles. The fourth-order valence-corrected chi connectivity index (χ4v) is 1.66. The zero-order chi connectivity index (χ0) is 9.30. The Bertz CT molecular complexity index is 314. The first-order chi connectivity index (χ1) is 5.52. The molecule has 12 heavy (non-hydrogen) atoms. The van der Waals surface area contributed by atoms with Crippen molar-refractivity contribution in [2.75, 3.05) is 0 Å². The molecule has 1 rings (SSSR count). The van der Waals surface area contributed by atoms with Crippen LogP contribution < -0.4 is 0 Å². The van der Waals surface area contributed by atoms with Gasteiger partial charge in [0.2, 0.25) is 0 Å². The van der Waals surface area contributed by atoms with Crippen molar-refractivity contribution in [2.45, 2.75) is 0 Å². The summed E-state index contributed by atoms with van der Waals surface area (Å²) >= 11 is 16.1. The van der Waals surface area contributed by atoms with Crippen molar-refractivity contribution in [1.29, 1.82) is 0 Å². The van der Waals surface area contributed by atoms with Crippen LogP contribution in [0.5, 0.6) is 0 Å². The fourth-order valence-electron chi connectivity index (χ4n) is 0.730. The van der Waals surface area contributed by atoms with Crippen LogP contribution in [0.4, 0.5) is 4.39 Å². The van der Waals surface area contributed by atoms with Gasteiger partial charge < -0.3 is 0 Å². The fraction of sp³-hybridized carbons (Fsp3) is 0. The summed E-state index contributed by atoms with van der Waals surface area (Å²) in [7, 11) is 0. The zero-order valence-corrected chi connectivity index (χ0v) is 7.84. The van der Waals surface area contributed by atoms with Gasteiger partial charge in [-0.2, -0.15) is 0 Å². The van der Waals surface area contributed by atoms with Gasteiger partial charge in [-0.1, -0.05) is 23.2 Å². The van der Waals surface area contributed by atoms with Crippen LogP contribution in [0.25, 0.3) is 0 Å². The van der Waals surface area contributed by atoms with Gasteiger partial charge in [0.1, 0.15) is 5.82 Å². The van der Waals surface area contributed by atoms with E-state index in [1.54, 1.807) is 0 Å². The van der Waals surface area contributed by atoms with E-state index in [0.29, 0.717) is 0 Å². The maximum absolute atomic E-state index is 12.5. The summed E-state index contributed by atoms with van der Waals surface area (Å²) in [6.07, 6.45) is 0. The van der Waals surface area contributed by atoms with E-state index in [2.05, 4.69) is 0 Å². The highest BCUT2D eigenvalue weighted by atomic mass is 35.5. The van der Waals surface area contributed by atoms with Crippen LogP contribution in [0.3, 0.4) is 0 Å². The molecule has 0 aliphatic heterocycles. The summed E-state index contributed by atoms with van der Waals surface area (Å²) in [5.74, 6) is -0.605. The molecule has 64 valence electrons. The van der Waals surface area contributed by atoms with Crippen molar-refractivity contribution in [2.24, 2.45) is 0 Å². The van der Waals surface area contributed by atoms with Crippen molar-refractivity contribution >= 4 is 40.0 Å². The summed E-state index contributed by atoms with van der Waals surface area (Å²) in [5.41, 5.74) is -0.0681. The minimum absolute atomic E-state index is 0.0681. The number of hydrogen-bond donors (Lipinski definition) is 0. The molecular weight excluding hydrogens is 225 g/mol. The Labute approximate surface area is 83.0 Å². The maximum Gasteiger partial charge on any atom is 0.255 e. The SMILES string of the molecule is O=C(Cl)c1c(Cl)cc(F)cc1Cl. The van der Waals surface area contributed by atoms with Crippen LogP contribution in [0.15, 0.2) is 12.1 Å². The number of rotatable bonds is 1. The first-order valence-corrected chi connectivity index (χ1v) is 4.00. The third-order valence-electron chi connectivity index (χ3n) is 1.20. The zero-order valence-electron chi connectivity index (χ0n) is 5.57. The molecule has 5 heteroatoms. The first kappa shape index (κ1) is 9.78. The van der Waals surface area contributed by atoms with E-state index >= 15 is 0 Å². The topological polar surface area (TPSA) is 17.1 Å². The number of carbonyl (C=O) groups is 1. The first-order valence-electron chi connectivity index (χ1n) is 2.86. The van der Waals surface area contributed by atoms with Crippen molar-refractivity contribution in [3.63, 3.8) is 0 Å². The van der Waals surface area contributed by atoms with E-state index < -0.39 is 11.1 Å². The molecule has 0 heterocycles. The molecule has 1 aromatic rings. The summed E-state index contributed by atoms with van der Waals surface area (Å²) in [5, 5.41) is -0.968. The van der Waals surface area contributed by atoms with Gasteiger partial charge in [-0.25, -0.2) is 4.39 Å². The molecular formula is C7H2Cl3FO. The average Bonchev–Trinajstić information content (AvgIpc) is 1.82. The Morgan fingerprint density at radius 1 is 1.25 bits per heavy atom. The van der Waals surface area contributed by atoms with Gasteiger partial charge in [-0.05, 0) is 23.7 Å². The average molecular weight is 227 g/mol. The Morgan fingerprint density at radius 3 is 2.00 bits per heavy atom. The monoisotopic (exact) mass is 226 g/mol. The Kier molecular flexibility index (Phi) is 2.94. The van der Waals surface area contributed by atoms with Crippen molar-refractivity contribution < 1.29 is 9.18 Å². The summed E-state index contributed by atoms with van der Waals surface area (Å²) in [4.78, 5) is 10.7. The lowest BCUT2D eigenvalue weighted by Crippen LogP contribution is -1.93. The van der Waals surface area contributed by atoms with Crippen LogP contribution in [0, 0.1) is 5.82 Å². The molecule has 0 aliphatic rings. The Morgan fingerprint density at radius 2 is 1.67 bits per heavy atom. The summed E-state index contributed by atoms with van der Waals surface area (Å²) in [6, 6.07) is 1.95. The number of halogens is 4. The Hall–Kier alpha value is -0.310. The molecule has 0 amide bonds. The van der Waals surface area contributed by atoms with E-state index in [4.69, 9.17) is 34.8 Å². The van der Waals surface area contributed by atoms with E-state index in [1.165, 1.54) is 0 Å². The maximum atomic E-state index is 12.5. The molecule has 0 radical (unpaired) electrons. The van der Waals surface area contributed by atoms with Gasteiger partial charge in [0.15, 0.2) is 0 Å². The lowest BCUT2D eigenvalue weighted by atomic mass is 10.2.